The third kappa shape index (κ3) is 2.37. The van der Waals surface area contributed by atoms with Crippen LogP contribution >= 0.6 is 0 Å². The third-order valence-electron chi connectivity index (χ3n) is 2.59. The summed E-state index contributed by atoms with van der Waals surface area (Å²) in [5, 5.41) is 0. The second-order valence-electron chi connectivity index (χ2n) is 3.62. The van der Waals surface area contributed by atoms with Gasteiger partial charge in [0, 0.05) is 5.41 Å². The van der Waals surface area contributed by atoms with Crippen molar-refractivity contribution in [3.05, 3.63) is 36.0 Å². The molecule has 0 aromatic carbocycles. The molecule has 0 aliphatic carbocycles. The highest BCUT2D eigenvalue weighted by Crippen LogP contribution is 2.33. The summed E-state index contributed by atoms with van der Waals surface area (Å²) in [7, 11) is 0. The van der Waals surface area contributed by atoms with Crippen LogP contribution in [0.3, 0.4) is 0 Å². The second kappa shape index (κ2) is 4.30. The summed E-state index contributed by atoms with van der Waals surface area (Å²) >= 11 is 0. The molecular weight excluding hydrogens is 144 g/mol. The van der Waals surface area contributed by atoms with Crippen molar-refractivity contribution in [2.24, 2.45) is 5.41 Å². The van der Waals surface area contributed by atoms with Crippen LogP contribution in [0.5, 0.6) is 0 Å². The minimum atomic E-state index is 0.0985. The first-order chi connectivity index (χ1) is 5.46. The van der Waals surface area contributed by atoms with Gasteiger partial charge in [0.15, 0.2) is 0 Å². The maximum absolute atomic E-state index is 4.06. The minimum Gasteiger partial charge on any atom is -0.0950 e. The Kier molecular flexibility index (Phi) is 4.02. The maximum Gasteiger partial charge on any atom is 0.00962 e. The Morgan fingerprint density at radius 2 is 1.75 bits per heavy atom. The predicted octanol–water partition coefficient (Wildman–Crippen LogP) is 4.11. The second-order valence-corrected chi connectivity index (χ2v) is 3.62. The van der Waals surface area contributed by atoms with Gasteiger partial charge in [-0.1, -0.05) is 44.2 Å². The van der Waals surface area contributed by atoms with E-state index >= 15 is 0 Å². The molecule has 0 saturated carbocycles. The van der Waals surface area contributed by atoms with Crippen LogP contribution in [0.25, 0.3) is 0 Å². The molecule has 0 spiro atoms. The standard InChI is InChI=1S/C12H20/c1-7-9-11(4)12(5,6)10(3)8-2/h7-9H,4H2,1-3,5-6H3. The molecule has 0 heterocycles. The summed E-state index contributed by atoms with van der Waals surface area (Å²) in [6.07, 6.45) is 6.26. The summed E-state index contributed by atoms with van der Waals surface area (Å²) in [6.45, 7) is 14.7. The quantitative estimate of drug-likeness (QED) is 0.435. The first-order valence-electron chi connectivity index (χ1n) is 4.42. The van der Waals surface area contributed by atoms with Crippen molar-refractivity contribution < 1.29 is 0 Å². The average Bonchev–Trinajstić information content (AvgIpc) is 2.03. The lowest BCUT2D eigenvalue weighted by molar-refractivity contribution is 0.553. The minimum absolute atomic E-state index is 0.0985. The molecule has 0 aliphatic rings. The zero-order valence-corrected chi connectivity index (χ0v) is 8.94. The average molecular weight is 164 g/mol. The largest absolute Gasteiger partial charge is 0.0950 e. The fourth-order valence-corrected chi connectivity index (χ4v) is 1.02. The van der Waals surface area contributed by atoms with Gasteiger partial charge in [-0.05, 0) is 26.3 Å². The number of hydrogen-bond acceptors (Lipinski definition) is 0. The summed E-state index contributed by atoms with van der Waals surface area (Å²) in [4.78, 5) is 0. The fourth-order valence-electron chi connectivity index (χ4n) is 1.02. The van der Waals surface area contributed by atoms with Crippen molar-refractivity contribution in [2.75, 3.05) is 0 Å². The number of hydrogen-bond donors (Lipinski definition) is 0. The zero-order valence-electron chi connectivity index (χ0n) is 8.94. The van der Waals surface area contributed by atoms with E-state index in [9.17, 15) is 0 Å². The molecule has 68 valence electrons. The van der Waals surface area contributed by atoms with Gasteiger partial charge in [0.25, 0.3) is 0 Å². The molecule has 0 saturated heterocycles. The predicted molar refractivity (Wildman–Crippen MR) is 57.2 cm³/mol. The van der Waals surface area contributed by atoms with Crippen molar-refractivity contribution in [3.63, 3.8) is 0 Å². The van der Waals surface area contributed by atoms with Crippen LogP contribution < -0.4 is 0 Å². The summed E-state index contributed by atoms with van der Waals surface area (Å²) in [5.41, 5.74) is 2.63. The van der Waals surface area contributed by atoms with Crippen LogP contribution in [0.15, 0.2) is 36.0 Å². The van der Waals surface area contributed by atoms with Crippen molar-refractivity contribution in [1.82, 2.24) is 0 Å². The third-order valence-corrected chi connectivity index (χ3v) is 2.59. The van der Waals surface area contributed by atoms with Crippen LogP contribution in [0.2, 0.25) is 0 Å². The van der Waals surface area contributed by atoms with E-state index in [0.717, 1.165) is 0 Å². The summed E-state index contributed by atoms with van der Waals surface area (Å²) in [5.74, 6) is 0. The van der Waals surface area contributed by atoms with Crippen LogP contribution in [0.1, 0.15) is 34.6 Å². The van der Waals surface area contributed by atoms with Crippen molar-refractivity contribution in [1.29, 1.82) is 0 Å². The maximum atomic E-state index is 4.06. The van der Waals surface area contributed by atoms with E-state index in [1.54, 1.807) is 0 Å². The van der Waals surface area contributed by atoms with Crippen LogP contribution in [-0.4, -0.2) is 0 Å². The van der Waals surface area contributed by atoms with Gasteiger partial charge in [-0.25, -0.2) is 0 Å². The Morgan fingerprint density at radius 3 is 2.08 bits per heavy atom. The molecule has 0 aromatic rings. The van der Waals surface area contributed by atoms with Crippen molar-refractivity contribution in [3.8, 4) is 0 Å². The zero-order chi connectivity index (χ0) is 9.78. The Balaban J connectivity index is 4.73. The van der Waals surface area contributed by atoms with Gasteiger partial charge >= 0.3 is 0 Å². The van der Waals surface area contributed by atoms with E-state index in [1.807, 2.05) is 13.0 Å². The SMILES string of the molecule is C=C(C=CC)C(C)(C)C(C)=CC. The molecule has 0 heteroatoms. The van der Waals surface area contributed by atoms with E-state index < -0.39 is 0 Å². The van der Waals surface area contributed by atoms with Crippen molar-refractivity contribution in [2.45, 2.75) is 34.6 Å². The molecule has 0 bridgehead atoms. The first-order valence-corrected chi connectivity index (χ1v) is 4.42. The number of rotatable bonds is 3. The van der Waals surface area contributed by atoms with Crippen LogP contribution in [0, 0.1) is 5.41 Å². The van der Waals surface area contributed by atoms with E-state index in [1.165, 1.54) is 11.1 Å². The van der Waals surface area contributed by atoms with Gasteiger partial charge < -0.3 is 0 Å². The Labute approximate surface area is 76.7 Å². The normalized spacial score (nSPS) is 13.9. The van der Waals surface area contributed by atoms with Gasteiger partial charge in [-0.3, -0.25) is 0 Å². The summed E-state index contributed by atoms with van der Waals surface area (Å²) in [6, 6.07) is 0. The molecule has 0 atom stereocenters. The molecular formula is C12H20. The summed E-state index contributed by atoms with van der Waals surface area (Å²) < 4.78 is 0. The highest BCUT2D eigenvalue weighted by Gasteiger charge is 2.20. The van der Waals surface area contributed by atoms with Crippen LogP contribution in [-0.2, 0) is 0 Å². The molecule has 12 heavy (non-hydrogen) atoms. The van der Waals surface area contributed by atoms with Crippen LogP contribution in [0.4, 0.5) is 0 Å². The lowest BCUT2D eigenvalue weighted by Gasteiger charge is -2.26. The van der Waals surface area contributed by atoms with Gasteiger partial charge in [0.2, 0.25) is 0 Å². The Hall–Kier alpha value is -0.780. The molecule has 0 nitrogen and oxygen atoms in total. The molecule has 0 unspecified atom stereocenters. The van der Waals surface area contributed by atoms with E-state index in [-0.39, 0.29) is 5.41 Å². The molecule has 0 rings (SSSR count). The molecule has 0 aliphatic heterocycles. The highest BCUT2D eigenvalue weighted by atomic mass is 14.2. The first kappa shape index (κ1) is 11.2. The van der Waals surface area contributed by atoms with Gasteiger partial charge in [-0.2, -0.15) is 0 Å². The Morgan fingerprint density at radius 1 is 1.25 bits per heavy atom. The number of allylic oxidation sites excluding steroid dienone is 5. The lowest BCUT2D eigenvalue weighted by atomic mass is 9.78. The van der Waals surface area contributed by atoms with E-state index in [4.69, 9.17) is 0 Å². The monoisotopic (exact) mass is 164 g/mol. The fraction of sp³-hybridized carbons (Fsp3) is 0.500. The van der Waals surface area contributed by atoms with Gasteiger partial charge in [0.05, 0.1) is 0 Å². The Bertz CT molecular complexity index is 214. The molecule has 0 radical (unpaired) electrons. The molecule has 0 fully saturated rings. The molecule has 0 N–H and O–H groups in total. The highest BCUT2D eigenvalue weighted by molar-refractivity contribution is 5.31. The van der Waals surface area contributed by atoms with Crippen molar-refractivity contribution >= 4 is 0 Å². The molecule has 0 amide bonds. The van der Waals surface area contributed by atoms with Gasteiger partial charge in [-0.15, -0.1) is 0 Å². The topological polar surface area (TPSA) is 0 Å². The van der Waals surface area contributed by atoms with Gasteiger partial charge in [0.1, 0.15) is 0 Å². The van der Waals surface area contributed by atoms with E-state index in [0.29, 0.717) is 0 Å². The smallest absolute Gasteiger partial charge is 0.00962 e. The van der Waals surface area contributed by atoms with E-state index in [2.05, 4.69) is 46.4 Å². The lowest BCUT2D eigenvalue weighted by Crippen LogP contribution is -2.14. The molecule has 0 aromatic heterocycles.